The van der Waals surface area contributed by atoms with Gasteiger partial charge in [0, 0.05) is 37.7 Å². The van der Waals surface area contributed by atoms with E-state index in [4.69, 9.17) is 4.74 Å². The first kappa shape index (κ1) is 19.9. The Morgan fingerprint density at radius 1 is 0.964 bits per heavy atom. The van der Waals surface area contributed by atoms with Crippen LogP contribution < -0.4 is 4.74 Å². The number of carbonyl (C=O) groups excluding carboxylic acids is 2. The predicted octanol–water partition coefficient (Wildman–Crippen LogP) is 3.51. The zero-order valence-electron chi connectivity index (χ0n) is 16.9. The maximum Gasteiger partial charge on any atom is 0.254 e. The molecule has 1 aliphatic rings. The van der Waals surface area contributed by atoms with Crippen molar-refractivity contribution in [2.24, 2.45) is 5.92 Å². The predicted molar refractivity (Wildman–Crippen MR) is 109 cm³/mol. The normalized spacial score (nSPS) is 14.3. The van der Waals surface area contributed by atoms with E-state index >= 15 is 0 Å². The second kappa shape index (κ2) is 8.91. The molecule has 1 saturated heterocycles. The molecule has 1 heterocycles. The van der Waals surface area contributed by atoms with Crippen LogP contribution in [-0.4, -0.2) is 47.8 Å². The molecule has 2 amide bonds. The fourth-order valence-electron chi connectivity index (χ4n) is 3.37. The van der Waals surface area contributed by atoms with Crippen LogP contribution in [0.4, 0.5) is 0 Å². The Balaban J connectivity index is 1.59. The van der Waals surface area contributed by atoms with E-state index in [0.717, 1.165) is 5.56 Å². The highest BCUT2D eigenvalue weighted by atomic mass is 16.5. The molecule has 0 aromatic heterocycles. The van der Waals surface area contributed by atoms with E-state index in [9.17, 15) is 9.59 Å². The van der Waals surface area contributed by atoms with Crippen molar-refractivity contribution in [2.45, 2.75) is 27.4 Å². The van der Waals surface area contributed by atoms with E-state index in [2.05, 4.69) is 19.1 Å². The van der Waals surface area contributed by atoms with E-state index < -0.39 is 0 Å². The minimum atomic E-state index is -0.0161. The Bertz CT molecular complexity index is 839. The van der Waals surface area contributed by atoms with Crippen molar-refractivity contribution in [2.75, 3.05) is 26.2 Å². The first-order valence-electron chi connectivity index (χ1n) is 9.80. The highest BCUT2D eigenvalue weighted by Gasteiger charge is 2.26. The van der Waals surface area contributed by atoms with Gasteiger partial charge in [0.05, 0.1) is 0 Å². The molecule has 0 spiro atoms. The number of hydrogen-bond acceptors (Lipinski definition) is 3. The van der Waals surface area contributed by atoms with Gasteiger partial charge in [0.1, 0.15) is 12.4 Å². The first-order valence-corrected chi connectivity index (χ1v) is 9.80. The third-order valence-corrected chi connectivity index (χ3v) is 4.94. The number of aryl methyl sites for hydroxylation is 1. The molecule has 5 heteroatoms. The largest absolute Gasteiger partial charge is 0.489 e. The molecule has 0 unspecified atom stereocenters. The van der Waals surface area contributed by atoms with Gasteiger partial charge in [-0.05, 0) is 30.7 Å². The quantitative estimate of drug-likeness (QED) is 0.798. The highest BCUT2D eigenvalue weighted by molar-refractivity contribution is 5.94. The van der Waals surface area contributed by atoms with Crippen LogP contribution in [0.3, 0.4) is 0 Å². The standard InChI is InChI=1S/C23H28N2O3/c1-17(2)22(26)24-10-12-25(13-11-24)23(27)20-8-5-9-21(15-20)28-16-19-7-4-6-18(3)14-19/h4-9,14-15,17H,10-13,16H2,1-3H3. The van der Waals surface area contributed by atoms with Gasteiger partial charge in [-0.1, -0.05) is 49.7 Å². The van der Waals surface area contributed by atoms with E-state index in [1.807, 2.05) is 54.0 Å². The number of carbonyl (C=O) groups is 2. The lowest BCUT2D eigenvalue weighted by Gasteiger charge is -2.35. The van der Waals surface area contributed by atoms with Gasteiger partial charge in [0.2, 0.25) is 5.91 Å². The second-order valence-corrected chi connectivity index (χ2v) is 7.58. The Kier molecular flexibility index (Phi) is 6.34. The van der Waals surface area contributed by atoms with Crippen molar-refractivity contribution in [3.05, 3.63) is 65.2 Å². The van der Waals surface area contributed by atoms with Crippen LogP contribution >= 0.6 is 0 Å². The molecule has 3 rings (SSSR count). The summed E-state index contributed by atoms with van der Waals surface area (Å²) in [5.74, 6) is 0.807. The van der Waals surface area contributed by atoms with Crippen LogP contribution in [0.15, 0.2) is 48.5 Å². The molecular weight excluding hydrogens is 352 g/mol. The van der Waals surface area contributed by atoms with Crippen molar-refractivity contribution >= 4 is 11.8 Å². The topological polar surface area (TPSA) is 49.9 Å². The van der Waals surface area contributed by atoms with Crippen molar-refractivity contribution in [3.8, 4) is 5.75 Å². The number of nitrogens with zero attached hydrogens (tertiary/aromatic N) is 2. The molecule has 1 fully saturated rings. The lowest BCUT2D eigenvalue weighted by Crippen LogP contribution is -2.51. The van der Waals surface area contributed by atoms with Gasteiger partial charge in [-0.15, -0.1) is 0 Å². The summed E-state index contributed by atoms with van der Waals surface area (Å²) in [6.45, 7) is 8.63. The third-order valence-electron chi connectivity index (χ3n) is 4.94. The van der Waals surface area contributed by atoms with Gasteiger partial charge in [-0.25, -0.2) is 0 Å². The molecule has 0 bridgehead atoms. The number of amides is 2. The molecule has 2 aromatic carbocycles. The second-order valence-electron chi connectivity index (χ2n) is 7.58. The summed E-state index contributed by atoms with van der Waals surface area (Å²) in [7, 11) is 0. The number of piperazine rings is 1. The Morgan fingerprint density at radius 2 is 1.64 bits per heavy atom. The Labute approximate surface area is 166 Å². The van der Waals surface area contributed by atoms with E-state index in [-0.39, 0.29) is 17.7 Å². The van der Waals surface area contributed by atoms with Crippen LogP contribution in [0, 0.1) is 12.8 Å². The fraction of sp³-hybridized carbons (Fsp3) is 0.391. The molecule has 148 valence electrons. The van der Waals surface area contributed by atoms with Crippen LogP contribution in [0.2, 0.25) is 0 Å². The summed E-state index contributed by atoms with van der Waals surface area (Å²) < 4.78 is 5.88. The number of hydrogen-bond donors (Lipinski definition) is 0. The third kappa shape index (κ3) is 4.91. The molecule has 1 aliphatic heterocycles. The van der Waals surface area contributed by atoms with E-state index in [0.29, 0.717) is 44.1 Å². The molecule has 0 N–H and O–H groups in total. The molecule has 0 saturated carbocycles. The molecule has 28 heavy (non-hydrogen) atoms. The highest BCUT2D eigenvalue weighted by Crippen LogP contribution is 2.18. The Morgan fingerprint density at radius 3 is 2.32 bits per heavy atom. The molecule has 2 aromatic rings. The SMILES string of the molecule is Cc1cccc(COc2cccc(C(=O)N3CCN(C(=O)C(C)C)CC3)c2)c1. The van der Waals surface area contributed by atoms with Gasteiger partial charge in [-0.3, -0.25) is 9.59 Å². The summed E-state index contributed by atoms with van der Waals surface area (Å²) in [4.78, 5) is 28.6. The first-order chi connectivity index (χ1) is 13.4. The zero-order chi connectivity index (χ0) is 20.1. The summed E-state index contributed by atoms with van der Waals surface area (Å²) in [6, 6.07) is 15.5. The maximum atomic E-state index is 12.8. The van der Waals surface area contributed by atoms with Crippen LogP contribution in [0.5, 0.6) is 5.75 Å². The van der Waals surface area contributed by atoms with Gasteiger partial charge in [0.15, 0.2) is 0 Å². The van der Waals surface area contributed by atoms with Crippen LogP contribution in [-0.2, 0) is 11.4 Å². The monoisotopic (exact) mass is 380 g/mol. The van der Waals surface area contributed by atoms with Gasteiger partial charge in [-0.2, -0.15) is 0 Å². The van der Waals surface area contributed by atoms with E-state index in [1.165, 1.54) is 5.56 Å². The molecule has 5 nitrogen and oxygen atoms in total. The molecule has 0 atom stereocenters. The lowest BCUT2D eigenvalue weighted by molar-refractivity contribution is -0.135. The summed E-state index contributed by atoms with van der Waals surface area (Å²) in [5, 5.41) is 0. The minimum Gasteiger partial charge on any atom is -0.489 e. The fourth-order valence-corrected chi connectivity index (χ4v) is 3.37. The average Bonchev–Trinajstić information content (AvgIpc) is 2.71. The molecular formula is C23H28N2O3. The number of benzene rings is 2. The average molecular weight is 380 g/mol. The number of rotatable bonds is 5. The smallest absolute Gasteiger partial charge is 0.254 e. The van der Waals surface area contributed by atoms with Crippen molar-refractivity contribution in [1.82, 2.24) is 9.80 Å². The van der Waals surface area contributed by atoms with Gasteiger partial charge < -0.3 is 14.5 Å². The summed E-state index contributed by atoms with van der Waals surface area (Å²) in [6.07, 6.45) is 0. The molecule has 0 aliphatic carbocycles. The van der Waals surface area contributed by atoms with E-state index in [1.54, 1.807) is 6.07 Å². The minimum absolute atomic E-state index is 0.00974. The van der Waals surface area contributed by atoms with Crippen LogP contribution in [0.1, 0.15) is 35.3 Å². The van der Waals surface area contributed by atoms with Crippen molar-refractivity contribution < 1.29 is 14.3 Å². The Hall–Kier alpha value is -2.82. The summed E-state index contributed by atoms with van der Waals surface area (Å²) in [5.41, 5.74) is 2.91. The molecule has 0 radical (unpaired) electrons. The number of ether oxygens (including phenoxy) is 1. The van der Waals surface area contributed by atoms with Gasteiger partial charge >= 0.3 is 0 Å². The summed E-state index contributed by atoms with van der Waals surface area (Å²) >= 11 is 0. The van der Waals surface area contributed by atoms with Crippen molar-refractivity contribution in [3.63, 3.8) is 0 Å². The maximum absolute atomic E-state index is 12.8. The van der Waals surface area contributed by atoms with Gasteiger partial charge in [0.25, 0.3) is 5.91 Å². The van der Waals surface area contributed by atoms with Crippen LogP contribution in [0.25, 0.3) is 0 Å². The zero-order valence-corrected chi connectivity index (χ0v) is 16.9. The van der Waals surface area contributed by atoms with Crippen molar-refractivity contribution in [1.29, 1.82) is 0 Å². The lowest BCUT2D eigenvalue weighted by atomic mass is 10.1.